The van der Waals surface area contributed by atoms with Gasteiger partial charge in [-0.15, -0.1) is 26.6 Å². The summed E-state index contributed by atoms with van der Waals surface area (Å²) in [6.45, 7) is 0.438. The van der Waals surface area contributed by atoms with Gasteiger partial charge in [0, 0.05) is 17.9 Å². The van der Waals surface area contributed by atoms with Gasteiger partial charge in [-0.3, -0.25) is 0 Å². The molecule has 0 aliphatic rings. The number of aromatic nitrogens is 5. The maximum absolute atomic E-state index is 5.59. The molecule has 0 fully saturated rings. The summed E-state index contributed by atoms with van der Waals surface area (Å²) >= 11 is 4.94. The highest BCUT2D eigenvalue weighted by molar-refractivity contribution is 9.09. The molecule has 0 saturated carbocycles. The van der Waals surface area contributed by atoms with E-state index in [0.29, 0.717) is 18.3 Å². The topological polar surface area (TPSA) is 69.6 Å². The number of halogens is 1. The van der Waals surface area contributed by atoms with Gasteiger partial charge in [0.2, 0.25) is 5.89 Å². The summed E-state index contributed by atoms with van der Waals surface area (Å²) in [4.78, 5) is 0.970. The Balaban J connectivity index is 1.72. The Morgan fingerprint density at radius 2 is 2.26 bits per heavy atom. The lowest BCUT2D eigenvalue weighted by Gasteiger charge is -1.93. The highest BCUT2D eigenvalue weighted by Gasteiger charge is 2.10. The third-order valence-electron chi connectivity index (χ3n) is 2.43. The number of hydrogen-bond donors (Lipinski definition) is 0. The van der Waals surface area contributed by atoms with E-state index in [1.165, 1.54) is 0 Å². The summed E-state index contributed by atoms with van der Waals surface area (Å²) < 4.78 is 7.29. The van der Waals surface area contributed by atoms with E-state index < -0.39 is 0 Å². The number of hydrogen-bond acceptors (Lipinski definition) is 6. The second-order valence-corrected chi connectivity index (χ2v) is 5.57. The van der Waals surface area contributed by atoms with E-state index in [0.717, 1.165) is 22.3 Å². The quantitative estimate of drug-likeness (QED) is 0.667. The molecular weight excluding hydrogens is 330 g/mol. The third-order valence-corrected chi connectivity index (χ3v) is 3.69. The van der Waals surface area contributed by atoms with Crippen LogP contribution in [0.15, 0.2) is 28.1 Å². The molecule has 0 aliphatic carbocycles. The summed E-state index contributed by atoms with van der Waals surface area (Å²) in [7, 11) is 0. The van der Waals surface area contributed by atoms with Crippen molar-refractivity contribution in [1.29, 1.82) is 0 Å². The fourth-order valence-electron chi connectivity index (χ4n) is 1.58. The molecule has 0 unspecified atom stereocenters. The average Bonchev–Trinajstić information content (AvgIpc) is 3.10. The minimum absolute atomic E-state index is 0.438. The van der Waals surface area contributed by atoms with Crippen LogP contribution in [-0.2, 0) is 13.0 Å². The largest absolute Gasteiger partial charge is 0.418 e. The van der Waals surface area contributed by atoms with Crippen LogP contribution in [0.25, 0.3) is 10.8 Å². The number of aryl methyl sites for hydroxylation is 1. The molecule has 0 amide bonds. The van der Waals surface area contributed by atoms with Crippen LogP contribution in [0.2, 0.25) is 0 Å². The molecule has 3 heterocycles. The first-order chi connectivity index (χ1) is 9.35. The number of nitrogens with zero attached hydrogens (tertiary/aromatic N) is 5. The summed E-state index contributed by atoms with van der Waals surface area (Å²) in [5.41, 5.74) is 0.940. The lowest BCUT2D eigenvalue weighted by atomic mass is 10.4. The van der Waals surface area contributed by atoms with Crippen LogP contribution in [-0.4, -0.2) is 30.5 Å². The fraction of sp³-hybridized carbons (Fsp3) is 0.273. The van der Waals surface area contributed by atoms with Crippen molar-refractivity contribution in [3.8, 4) is 10.8 Å². The van der Waals surface area contributed by atoms with E-state index in [4.69, 9.17) is 4.42 Å². The van der Waals surface area contributed by atoms with Crippen molar-refractivity contribution in [3.05, 3.63) is 35.3 Å². The Morgan fingerprint density at radius 1 is 1.32 bits per heavy atom. The second kappa shape index (κ2) is 5.62. The maximum Gasteiger partial charge on any atom is 0.257 e. The van der Waals surface area contributed by atoms with E-state index in [1.54, 1.807) is 16.0 Å². The van der Waals surface area contributed by atoms with E-state index in [1.807, 2.05) is 23.7 Å². The molecule has 19 heavy (non-hydrogen) atoms. The Labute approximate surface area is 121 Å². The first kappa shape index (κ1) is 12.5. The molecule has 3 aromatic rings. The Hall–Kier alpha value is -1.54. The highest BCUT2D eigenvalue weighted by Crippen LogP contribution is 2.22. The number of rotatable bonds is 5. The molecule has 0 saturated heterocycles. The first-order valence-corrected chi connectivity index (χ1v) is 7.66. The Morgan fingerprint density at radius 3 is 3.05 bits per heavy atom. The van der Waals surface area contributed by atoms with Crippen LogP contribution in [0.3, 0.4) is 0 Å². The van der Waals surface area contributed by atoms with Gasteiger partial charge in [0.25, 0.3) is 5.89 Å². The van der Waals surface area contributed by atoms with Gasteiger partial charge in [-0.25, -0.2) is 4.68 Å². The van der Waals surface area contributed by atoms with Crippen LogP contribution < -0.4 is 0 Å². The number of thiophene rings is 1. The summed E-state index contributed by atoms with van der Waals surface area (Å²) in [6.07, 6.45) is 2.74. The molecule has 0 N–H and O–H groups in total. The van der Waals surface area contributed by atoms with Gasteiger partial charge >= 0.3 is 0 Å². The standard InChI is InChI=1S/C11H10BrN5OS/c12-4-3-8-6-17(16-13-8)7-10-14-15-11(18-10)9-2-1-5-19-9/h1-2,5-6H,3-4,7H2. The van der Waals surface area contributed by atoms with Gasteiger partial charge < -0.3 is 4.42 Å². The Kier molecular flexibility index (Phi) is 3.69. The zero-order valence-corrected chi connectivity index (χ0v) is 12.3. The monoisotopic (exact) mass is 339 g/mol. The molecule has 0 bridgehead atoms. The zero-order chi connectivity index (χ0) is 13.1. The molecule has 0 radical (unpaired) electrons. The van der Waals surface area contributed by atoms with Crippen molar-refractivity contribution in [2.45, 2.75) is 13.0 Å². The molecule has 3 aromatic heterocycles. The second-order valence-electron chi connectivity index (χ2n) is 3.82. The molecular formula is C11H10BrN5OS. The highest BCUT2D eigenvalue weighted by atomic mass is 79.9. The van der Waals surface area contributed by atoms with E-state index in [2.05, 4.69) is 36.4 Å². The van der Waals surface area contributed by atoms with Crippen molar-refractivity contribution in [2.75, 3.05) is 5.33 Å². The minimum Gasteiger partial charge on any atom is -0.418 e. The summed E-state index contributed by atoms with van der Waals surface area (Å²) in [6, 6.07) is 3.90. The zero-order valence-electron chi connectivity index (χ0n) is 9.86. The van der Waals surface area contributed by atoms with Crippen LogP contribution in [0, 0.1) is 0 Å². The molecule has 6 nitrogen and oxygen atoms in total. The maximum atomic E-state index is 5.59. The van der Waals surface area contributed by atoms with Crippen LogP contribution in [0.4, 0.5) is 0 Å². The van der Waals surface area contributed by atoms with Crippen molar-refractivity contribution in [3.63, 3.8) is 0 Å². The van der Waals surface area contributed by atoms with Crippen LogP contribution in [0.1, 0.15) is 11.6 Å². The van der Waals surface area contributed by atoms with Gasteiger partial charge in [0.15, 0.2) is 0 Å². The van der Waals surface area contributed by atoms with Gasteiger partial charge in [0.05, 0.1) is 10.6 Å². The minimum atomic E-state index is 0.438. The fourth-order valence-corrected chi connectivity index (χ4v) is 2.63. The molecule has 3 rings (SSSR count). The predicted octanol–water partition coefficient (Wildman–Crippen LogP) is 2.38. The third kappa shape index (κ3) is 2.90. The van der Waals surface area contributed by atoms with Gasteiger partial charge in [-0.1, -0.05) is 27.2 Å². The van der Waals surface area contributed by atoms with Crippen LogP contribution in [0.5, 0.6) is 0 Å². The normalized spacial score (nSPS) is 11.0. The molecule has 8 heteroatoms. The number of alkyl halides is 1. The molecule has 0 aromatic carbocycles. The van der Waals surface area contributed by atoms with Crippen molar-refractivity contribution in [1.82, 2.24) is 25.2 Å². The summed E-state index contributed by atoms with van der Waals surface area (Å²) in [5, 5.41) is 19.0. The molecule has 98 valence electrons. The van der Waals surface area contributed by atoms with Gasteiger partial charge in [-0.2, -0.15) is 0 Å². The van der Waals surface area contributed by atoms with Crippen molar-refractivity contribution < 1.29 is 4.42 Å². The summed E-state index contributed by atoms with van der Waals surface area (Å²) in [5.74, 6) is 1.07. The smallest absolute Gasteiger partial charge is 0.257 e. The van der Waals surface area contributed by atoms with Gasteiger partial charge in [0.1, 0.15) is 6.54 Å². The lowest BCUT2D eigenvalue weighted by molar-refractivity contribution is 0.470. The van der Waals surface area contributed by atoms with Gasteiger partial charge in [-0.05, 0) is 11.4 Å². The van der Waals surface area contributed by atoms with Crippen molar-refractivity contribution >= 4 is 27.3 Å². The average molecular weight is 340 g/mol. The Bertz CT molecular complexity index is 648. The molecule has 0 aliphatic heterocycles. The predicted molar refractivity (Wildman–Crippen MR) is 74.2 cm³/mol. The van der Waals surface area contributed by atoms with E-state index in [-0.39, 0.29) is 0 Å². The molecule has 0 atom stereocenters. The first-order valence-electron chi connectivity index (χ1n) is 5.66. The van der Waals surface area contributed by atoms with Crippen LogP contribution >= 0.6 is 27.3 Å². The molecule has 0 spiro atoms. The lowest BCUT2D eigenvalue weighted by Crippen LogP contribution is -2.00. The van der Waals surface area contributed by atoms with Crippen molar-refractivity contribution in [2.24, 2.45) is 0 Å². The van der Waals surface area contributed by atoms with E-state index in [9.17, 15) is 0 Å². The van der Waals surface area contributed by atoms with E-state index >= 15 is 0 Å². The SMILES string of the molecule is BrCCc1cn(Cc2nnc(-c3cccs3)o2)nn1.